The Balaban J connectivity index is 0.00000306. The number of aryl methyl sites for hydroxylation is 3. The minimum atomic E-state index is 0. The normalized spacial score (nSPS) is 12.7. The Hall–Kier alpha value is -2.57. The second-order valence-corrected chi connectivity index (χ2v) is 8.85. The van der Waals surface area contributed by atoms with Crippen LogP contribution in [0.2, 0.25) is 0 Å². The van der Waals surface area contributed by atoms with E-state index in [9.17, 15) is 9.59 Å². The lowest BCUT2D eigenvalue weighted by Crippen LogP contribution is -2.24. The topological polar surface area (TPSA) is 56.5 Å². The summed E-state index contributed by atoms with van der Waals surface area (Å²) < 4.78 is 8.96. The number of carbonyl (C=O) groups is 1. The summed E-state index contributed by atoms with van der Waals surface area (Å²) in [6.45, 7) is 2.68. The van der Waals surface area contributed by atoms with E-state index in [1.54, 1.807) is 18.7 Å². The number of ketones is 1. The van der Waals surface area contributed by atoms with Crippen LogP contribution in [-0.2, 0) is 26.4 Å². The van der Waals surface area contributed by atoms with Gasteiger partial charge in [-0.2, -0.15) is 0 Å². The lowest BCUT2D eigenvalue weighted by atomic mass is 9.97. The van der Waals surface area contributed by atoms with E-state index in [0.29, 0.717) is 6.42 Å². The number of ether oxygens (including phenoxy) is 1. The number of halogens is 1. The number of methoxy groups -OCH3 is 1. The van der Waals surface area contributed by atoms with Gasteiger partial charge in [0.1, 0.15) is 5.75 Å². The Morgan fingerprint density at radius 2 is 1.94 bits per heavy atom. The van der Waals surface area contributed by atoms with Crippen molar-refractivity contribution < 1.29 is 9.53 Å². The number of imidazole rings is 1. The van der Waals surface area contributed by atoms with Crippen molar-refractivity contribution in [3.63, 3.8) is 0 Å². The average molecular weight is 472 g/mol. The molecular formula is C26H34ClN3O3. The first-order valence-electron chi connectivity index (χ1n) is 11.6. The van der Waals surface area contributed by atoms with Crippen LogP contribution in [-0.4, -0.2) is 47.1 Å². The minimum Gasteiger partial charge on any atom is -0.496 e. The van der Waals surface area contributed by atoms with Crippen LogP contribution in [0.15, 0.2) is 41.2 Å². The highest BCUT2D eigenvalue weighted by molar-refractivity contribution is 6.00. The Kier molecular flexibility index (Phi) is 8.38. The molecule has 4 rings (SSSR count). The minimum absolute atomic E-state index is 0. The number of unbranched alkanes of at least 4 members (excludes halogenated alkanes) is 1. The summed E-state index contributed by atoms with van der Waals surface area (Å²) in [7, 11) is 5.63. The van der Waals surface area contributed by atoms with E-state index >= 15 is 0 Å². The summed E-state index contributed by atoms with van der Waals surface area (Å²) in [6.07, 6.45) is 5.22. The molecule has 0 amide bonds. The van der Waals surface area contributed by atoms with Crippen LogP contribution in [0.5, 0.6) is 5.75 Å². The molecule has 0 radical (unpaired) electrons. The molecule has 0 atom stereocenters. The van der Waals surface area contributed by atoms with Crippen LogP contribution in [0, 0.1) is 0 Å². The Morgan fingerprint density at radius 3 is 2.73 bits per heavy atom. The van der Waals surface area contributed by atoms with E-state index in [-0.39, 0.29) is 23.9 Å². The van der Waals surface area contributed by atoms with Gasteiger partial charge in [-0.05, 0) is 75.0 Å². The first-order valence-corrected chi connectivity index (χ1v) is 11.6. The molecule has 7 heteroatoms. The van der Waals surface area contributed by atoms with Gasteiger partial charge in [0.2, 0.25) is 0 Å². The predicted octanol–water partition coefficient (Wildman–Crippen LogP) is 4.24. The first-order chi connectivity index (χ1) is 15.5. The van der Waals surface area contributed by atoms with Crippen LogP contribution in [0.1, 0.15) is 47.2 Å². The Labute approximate surface area is 201 Å². The van der Waals surface area contributed by atoms with E-state index in [0.717, 1.165) is 79.6 Å². The van der Waals surface area contributed by atoms with E-state index in [4.69, 9.17) is 4.74 Å². The molecule has 0 fully saturated rings. The maximum absolute atomic E-state index is 12.9. The van der Waals surface area contributed by atoms with Crippen molar-refractivity contribution in [1.82, 2.24) is 14.0 Å². The number of aromatic nitrogens is 2. The van der Waals surface area contributed by atoms with Gasteiger partial charge in [0.05, 0.1) is 18.1 Å². The number of hydrogen-bond acceptors (Lipinski definition) is 4. The van der Waals surface area contributed by atoms with Crippen molar-refractivity contribution in [2.24, 2.45) is 7.05 Å². The molecule has 0 unspecified atom stereocenters. The highest BCUT2D eigenvalue weighted by atomic mass is 35.5. The predicted molar refractivity (Wildman–Crippen MR) is 135 cm³/mol. The molecule has 1 aliphatic heterocycles. The van der Waals surface area contributed by atoms with E-state index in [2.05, 4.69) is 18.0 Å². The largest absolute Gasteiger partial charge is 0.496 e. The molecule has 0 bridgehead atoms. The molecular weight excluding hydrogens is 438 g/mol. The van der Waals surface area contributed by atoms with Gasteiger partial charge in [-0.1, -0.05) is 18.2 Å². The molecule has 2 heterocycles. The average Bonchev–Trinajstić information content (AvgIpc) is 3.06. The van der Waals surface area contributed by atoms with Gasteiger partial charge in [0.25, 0.3) is 0 Å². The summed E-state index contributed by atoms with van der Waals surface area (Å²) in [5, 5.41) is 0. The summed E-state index contributed by atoms with van der Waals surface area (Å²) >= 11 is 0. The zero-order valence-electron chi connectivity index (χ0n) is 19.8. The quantitative estimate of drug-likeness (QED) is 0.328. The van der Waals surface area contributed by atoms with Crippen molar-refractivity contribution in [3.8, 4) is 5.75 Å². The third-order valence-electron chi connectivity index (χ3n) is 6.62. The van der Waals surface area contributed by atoms with Crippen LogP contribution in [0.25, 0.3) is 11.0 Å². The zero-order valence-corrected chi connectivity index (χ0v) is 20.6. The number of nitrogens with zero attached hydrogens (tertiary/aromatic N) is 3. The number of Topliss-reactive ketones (excluding diaryl/α,β-unsaturated/α-hetero) is 1. The molecule has 2 aromatic carbocycles. The number of carbonyl (C=O) groups excluding carboxylic acids is 1. The molecule has 0 spiro atoms. The van der Waals surface area contributed by atoms with Crippen LogP contribution < -0.4 is 10.4 Å². The zero-order chi connectivity index (χ0) is 22.7. The molecule has 1 aliphatic rings. The van der Waals surface area contributed by atoms with Gasteiger partial charge in [0, 0.05) is 32.1 Å². The molecule has 0 saturated carbocycles. The summed E-state index contributed by atoms with van der Waals surface area (Å²) in [6, 6.07) is 12.1. The Bertz CT molecular complexity index is 1180. The lowest BCUT2D eigenvalue weighted by molar-refractivity contribution is 0.0978. The molecule has 0 saturated heterocycles. The molecule has 0 aliphatic carbocycles. The van der Waals surface area contributed by atoms with E-state index in [1.807, 2.05) is 34.9 Å². The standard InChI is InChI=1S/C26H33N3O3.ClH/c1-27(16-13-19-9-4-5-12-24(19)32-3)14-7-6-11-23(30)21-17-20-10-8-15-29-25(20)22(18-21)28(2)26(29)31;/h4-5,9,12,17-18H,6-8,10-11,13-16H2,1-3H3;1H. The Morgan fingerprint density at radius 1 is 1.15 bits per heavy atom. The van der Waals surface area contributed by atoms with Gasteiger partial charge >= 0.3 is 5.69 Å². The fourth-order valence-corrected chi connectivity index (χ4v) is 4.76. The molecule has 178 valence electrons. The second kappa shape index (κ2) is 11.0. The van der Waals surface area contributed by atoms with Crippen molar-refractivity contribution in [1.29, 1.82) is 0 Å². The maximum atomic E-state index is 12.9. The number of benzene rings is 2. The van der Waals surface area contributed by atoms with Crippen molar-refractivity contribution in [2.45, 2.75) is 45.1 Å². The number of hydrogen-bond donors (Lipinski definition) is 0. The molecule has 6 nitrogen and oxygen atoms in total. The number of likely N-dealkylation sites (N-methyl/N-ethyl adjacent to an activating group) is 1. The van der Waals surface area contributed by atoms with E-state index in [1.165, 1.54) is 5.56 Å². The molecule has 33 heavy (non-hydrogen) atoms. The monoisotopic (exact) mass is 471 g/mol. The third-order valence-corrected chi connectivity index (χ3v) is 6.62. The second-order valence-electron chi connectivity index (χ2n) is 8.85. The highest BCUT2D eigenvalue weighted by Crippen LogP contribution is 2.26. The van der Waals surface area contributed by atoms with Crippen molar-refractivity contribution >= 4 is 29.2 Å². The van der Waals surface area contributed by atoms with Gasteiger partial charge in [-0.3, -0.25) is 13.9 Å². The third kappa shape index (κ3) is 5.33. The molecule has 1 aromatic heterocycles. The summed E-state index contributed by atoms with van der Waals surface area (Å²) in [5.41, 5.74) is 5.00. The van der Waals surface area contributed by atoms with Crippen molar-refractivity contribution in [3.05, 3.63) is 63.6 Å². The van der Waals surface area contributed by atoms with Crippen LogP contribution in [0.4, 0.5) is 0 Å². The number of rotatable bonds is 10. The lowest BCUT2D eigenvalue weighted by Gasteiger charge is -2.17. The maximum Gasteiger partial charge on any atom is 0.328 e. The fourth-order valence-electron chi connectivity index (χ4n) is 4.76. The summed E-state index contributed by atoms with van der Waals surface area (Å²) in [5.74, 6) is 1.11. The van der Waals surface area contributed by atoms with E-state index < -0.39 is 0 Å². The van der Waals surface area contributed by atoms with Gasteiger partial charge in [0.15, 0.2) is 5.78 Å². The van der Waals surface area contributed by atoms with Crippen LogP contribution in [0.3, 0.4) is 0 Å². The first kappa shape index (κ1) is 25.1. The van der Waals surface area contributed by atoms with Gasteiger partial charge < -0.3 is 9.64 Å². The van der Waals surface area contributed by atoms with Gasteiger partial charge in [-0.25, -0.2) is 4.79 Å². The SMILES string of the molecule is COc1ccccc1CCN(C)CCCCC(=O)c1cc2c3c(c1)n(C)c(=O)n3CCC2.Cl. The number of para-hydroxylation sites is 1. The molecule has 3 aromatic rings. The smallest absolute Gasteiger partial charge is 0.328 e. The summed E-state index contributed by atoms with van der Waals surface area (Å²) in [4.78, 5) is 27.7. The van der Waals surface area contributed by atoms with Crippen LogP contribution >= 0.6 is 12.4 Å². The molecule has 0 N–H and O–H groups in total. The highest BCUT2D eigenvalue weighted by Gasteiger charge is 2.20. The fraction of sp³-hybridized carbons (Fsp3) is 0.462. The van der Waals surface area contributed by atoms with Crippen molar-refractivity contribution in [2.75, 3.05) is 27.2 Å². The van der Waals surface area contributed by atoms with Gasteiger partial charge in [-0.15, -0.1) is 12.4 Å².